The Bertz CT molecular complexity index is 1570. The minimum Gasteiger partial charge on any atom is -0.480 e. The molecule has 1 saturated carbocycles. The number of halogens is 1. The number of hydrogen-bond donors (Lipinski definition) is 2. The summed E-state index contributed by atoms with van der Waals surface area (Å²) < 4.78 is 34.7. The van der Waals surface area contributed by atoms with E-state index < -0.39 is 33.5 Å². The predicted molar refractivity (Wildman–Crippen MR) is 149 cm³/mol. The molecule has 0 bridgehead atoms. The second-order valence-electron chi connectivity index (χ2n) is 9.21. The van der Waals surface area contributed by atoms with E-state index in [1.54, 1.807) is 55.5 Å². The average Bonchev–Trinajstić information content (AvgIpc) is 3.73. The number of aryl methyl sites for hydroxylation is 1. The highest BCUT2D eigenvalue weighted by molar-refractivity contribution is 7.91. The van der Waals surface area contributed by atoms with Crippen molar-refractivity contribution in [2.24, 2.45) is 10.9 Å². The van der Waals surface area contributed by atoms with Gasteiger partial charge in [-0.25, -0.2) is 18.1 Å². The molecule has 1 aliphatic carbocycles. The van der Waals surface area contributed by atoms with Crippen molar-refractivity contribution in [1.82, 2.24) is 4.68 Å². The molecule has 1 atom stereocenters. The number of hydrogen-bond acceptors (Lipinski definition) is 6. The number of carbonyl (C=O) groups is 2. The number of nitrogens with zero attached hydrogens (tertiary/aromatic N) is 2. The number of benzene rings is 2. The van der Waals surface area contributed by atoms with Crippen molar-refractivity contribution in [3.8, 4) is 5.75 Å². The SMILES string of the molecule is C=NC(=O)Cc1cc(Cl)ccc1OC(C(=O)Nn1c(C)ccc(NS(=O)(=O)Cc2ccccc2)c1=O)C1CC1. The summed E-state index contributed by atoms with van der Waals surface area (Å²) >= 11 is 6.09. The van der Waals surface area contributed by atoms with Crippen LogP contribution in [0.1, 0.15) is 29.7 Å². The number of nitrogens with one attached hydrogen (secondary N) is 2. The number of sulfonamides is 1. The van der Waals surface area contributed by atoms with Crippen LogP contribution in [-0.2, 0) is 31.8 Å². The summed E-state index contributed by atoms with van der Waals surface area (Å²) in [6.45, 7) is 4.84. The van der Waals surface area contributed by atoms with E-state index in [0.29, 0.717) is 21.8 Å². The van der Waals surface area contributed by atoms with Crippen LogP contribution in [0.2, 0.25) is 5.02 Å². The van der Waals surface area contributed by atoms with E-state index in [1.165, 1.54) is 12.1 Å². The maximum Gasteiger partial charge on any atom is 0.293 e. The number of ether oxygens (including phenoxy) is 1. The number of anilines is 1. The van der Waals surface area contributed by atoms with Crippen LogP contribution in [0.3, 0.4) is 0 Å². The van der Waals surface area contributed by atoms with E-state index in [4.69, 9.17) is 16.3 Å². The second kappa shape index (κ2) is 11.8. The largest absolute Gasteiger partial charge is 0.480 e. The summed E-state index contributed by atoms with van der Waals surface area (Å²) in [5, 5.41) is 0.385. The van der Waals surface area contributed by atoms with Gasteiger partial charge in [0.1, 0.15) is 11.4 Å². The Morgan fingerprint density at radius 2 is 1.87 bits per heavy atom. The molecule has 0 saturated heterocycles. The molecule has 12 heteroatoms. The molecule has 0 radical (unpaired) electrons. The summed E-state index contributed by atoms with van der Waals surface area (Å²) in [7, 11) is -3.90. The lowest BCUT2D eigenvalue weighted by Gasteiger charge is -2.22. The number of aromatic nitrogens is 1. The molecule has 1 unspecified atom stereocenters. The van der Waals surface area contributed by atoms with Gasteiger partial charge in [0.05, 0.1) is 12.2 Å². The first-order valence-electron chi connectivity index (χ1n) is 12.1. The first-order valence-corrected chi connectivity index (χ1v) is 14.1. The van der Waals surface area contributed by atoms with Crippen LogP contribution in [0.5, 0.6) is 5.75 Å². The highest BCUT2D eigenvalue weighted by atomic mass is 35.5. The summed E-state index contributed by atoms with van der Waals surface area (Å²) in [6.07, 6.45) is 0.395. The summed E-state index contributed by atoms with van der Waals surface area (Å²) in [5.41, 5.74) is 2.99. The van der Waals surface area contributed by atoms with Gasteiger partial charge < -0.3 is 4.74 Å². The van der Waals surface area contributed by atoms with Crippen molar-refractivity contribution in [1.29, 1.82) is 0 Å². The molecular weight excluding hydrogens is 544 g/mol. The van der Waals surface area contributed by atoms with Crippen molar-refractivity contribution in [2.45, 2.75) is 38.0 Å². The minimum absolute atomic E-state index is 0.106. The quantitative estimate of drug-likeness (QED) is 0.339. The van der Waals surface area contributed by atoms with Gasteiger partial charge in [0.2, 0.25) is 15.9 Å². The van der Waals surface area contributed by atoms with Gasteiger partial charge in [0.15, 0.2) is 6.10 Å². The first-order chi connectivity index (χ1) is 18.6. The van der Waals surface area contributed by atoms with E-state index in [9.17, 15) is 22.8 Å². The number of amides is 2. The van der Waals surface area contributed by atoms with E-state index in [2.05, 4.69) is 21.9 Å². The lowest BCUT2D eigenvalue weighted by molar-refractivity contribution is -0.124. The van der Waals surface area contributed by atoms with Crippen LogP contribution in [0, 0.1) is 12.8 Å². The zero-order valence-electron chi connectivity index (χ0n) is 21.1. The predicted octanol–water partition coefficient (Wildman–Crippen LogP) is 3.45. The molecule has 1 aliphatic rings. The molecule has 39 heavy (non-hydrogen) atoms. The fourth-order valence-corrected chi connectivity index (χ4v) is 5.33. The minimum atomic E-state index is -3.90. The molecule has 1 heterocycles. The molecule has 2 N–H and O–H groups in total. The fraction of sp³-hybridized carbons (Fsp3) is 0.259. The first kappa shape index (κ1) is 28.1. The third kappa shape index (κ3) is 7.33. The van der Waals surface area contributed by atoms with Crippen molar-refractivity contribution < 1.29 is 22.7 Å². The molecule has 1 aromatic heterocycles. The van der Waals surface area contributed by atoms with Gasteiger partial charge >= 0.3 is 0 Å². The molecule has 3 aromatic rings. The third-order valence-electron chi connectivity index (χ3n) is 6.07. The monoisotopic (exact) mass is 570 g/mol. The Kier molecular flexibility index (Phi) is 8.51. The van der Waals surface area contributed by atoms with Crippen molar-refractivity contribution in [3.05, 3.63) is 92.9 Å². The maximum absolute atomic E-state index is 13.3. The van der Waals surface area contributed by atoms with E-state index in [1.807, 2.05) is 0 Å². The van der Waals surface area contributed by atoms with E-state index in [-0.39, 0.29) is 29.5 Å². The van der Waals surface area contributed by atoms with Crippen molar-refractivity contribution >= 4 is 45.8 Å². The molecule has 4 rings (SSSR count). The number of pyridine rings is 1. The van der Waals surface area contributed by atoms with E-state index >= 15 is 0 Å². The zero-order chi connectivity index (χ0) is 28.2. The van der Waals surface area contributed by atoms with Gasteiger partial charge in [-0.05, 0) is 62.4 Å². The lowest BCUT2D eigenvalue weighted by atomic mass is 10.1. The van der Waals surface area contributed by atoms with Gasteiger partial charge in [-0.15, -0.1) is 0 Å². The van der Waals surface area contributed by atoms with E-state index in [0.717, 1.165) is 17.5 Å². The number of rotatable bonds is 11. The third-order valence-corrected chi connectivity index (χ3v) is 7.55. The Morgan fingerprint density at radius 1 is 1.15 bits per heavy atom. The summed E-state index contributed by atoms with van der Waals surface area (Å²) in [5.74, 6) is -1.22. The van der Waals surface area contributed by atoms with Gasteiger partial charge in [0.25, 0.3) is 11.5 Å². The Morgan fingerprint density at radius 3 is 2.54 bits per heavy atom. The molecule has 0 aliphatic heterocycles. The van der Waals surface area contributed by atoms with Crippen LogP contribution in [0.15, 0.2) is 70.5 Å². The topological polar surface area (TPSA) is 136 Å². The lowest BCUT2D eigenvalue weighted by Crippen LogP contribution is -2.43. The summed E-state index contributed by atoms with van der Waals surface area (Å²) in [6, 6.07) is 16.1. The number of carbonyl (C=O) groups excluding carboxylic acids is 2. The molecule has 204 valence electrons. The Hall–Kier alpha value is -3.96. The fourth-order valence-electron chi connectivity index (χ4n) is 3.94. The average molecular weight is 571 g/mol. The Balaban J connectivity index is 1.55. The smallest absolute Gasteiger partial charge is 0.293 e. The molecular formula is C27H27ClN4O6S. The maximum atomic E-state index is 13.3. The molecule has 0 spiro atoms. The van der Waals surface area contributed by atoms with Gasteiger partial charge in [-0.3, -0.25) is 24.5 Å². The van der Waals surface area contributed by atoms with Crippen molar-refractivity contribution in [3.63, 3.8) is 0 Å². The molecule has 2 aromatic carbocycles. The highest BCUT2D eigenvalue weighted by Crippen LogP contribution is 2.36. The summed E-state index contributed by atoms with van der Waals surface area (Å²) in [4.78, 5) is 41.8. The molecule has 2 amide bonds. The number of aliphatic imine (C=N–C) groups is 1. The zero-order valence-corrected chi connectivity index (χ0v) is 22.7. The van der Waals surface area contributed by atoms with Crippen LogP contribution in [0.25, 0.3) is 0 Å². The van der Waals surface area contributed by atoms with Crippen molar-refractivity contribution in [2.75, 3.05) is 10.1 Å². The van der Waals surface area contributed by atoms with Gasteiger partial charge in [-0.1, -0.05) is 41.9 Å². The highest BCUT2D eigenvalue weighted by Gasteiger charge is 2.39. The van der Waals surface area contributed by atoms with Crippen LogP contribution in [-0.4, -0.2) is 37.7 Å². The molecule has 1 fully saturated rings. The van der Waals surface area contributed by atoms with Crippen LogP contribution in [0.4, 0.5) is 5.69 Å². The van der Waals surface area contributed by atoms with Gasteiger partial charge in [0, 0.05) is 22.2 Å². The standard InChI is InChI=1S/C27H27ClN4O6S/c1-17-8-12-22(31-39(36,37)16-18-6-4-3-5-7-18)27(35)32(17)30-26(34)25(19-9-10-19)38-23-13-11-21(28)14-20(23)15-24(33)29-2/h3-8,11-14,19,25,31H,2,9-10,15-16H2,1H3,(H,30,34). The molecule has 10 nitrogen and oxygen atoms in total. The van der Waals surface area contributed by atoms with Gasteiger partial charge in [-0.2, -0.15) is 0 Å². The normalized spacial score (nSPS) is 13.8. The van der Waals surface area contributed by atoms with Crippen LogP contribution >= 0.6 is 11.6 Å². The Labute approximate surface area is 230 Å². The van der Waals surface area contributed by atoms with Crippen LogP contribution < -0.4 is 20.4 Å². The second-order valence-corrected chi connectivity index (χ2v) is 11.4.